The first-order valence-corrected chi connectivity index (χ1v) is 6.44. The van der Waals surface area contributed by atoms with Crippen molar-refractivity contribution in [2.24, 2.45) is 0 Å². The summed E-state index contributed by atoms with van der Waals surface area (Å²) in [6, 6.07) is 9.48. The second-order valence-electron chi connectivity index (χ2n) is 4.34. The summed E-state index contributed by atoms with van der Waals surface area (Å²) < 4.78 is 10.1. The zero-order chi connectivity index (χ0) is 15.4. The van der Waals surface area contributed by atoms with Crippen LogP contribution in [0.1, 0.15) is 17.3 Å². The molecule has 0 saturated heterocycles. The molecule has 0 aliphatic carbocycles. The molecule has 5 heteroatoms. The second kappa shape index (κ2) is 6.17. The maximum Gasteiger partial charge on any atom is 0.342 e. The third kappa shape index (κ3) is 3.08. The normalized spacial score (nSPS) is 10.2. The van der Waals surface area contributed by atoms with Crippen molar-refractivity contribution in [3.05, 3.63) is 42.0 Å². The van der Waals surface area contributed by atoms with E-state index in [1.807, 2.05) is 0 Å². The van der Waals surface area contributed by atoms with Gasteiger partial charge in [-0.05, 0) is 30.7 Å². The number of methoxy groups -OCH3 is 1. The number of phenols is 2. The van der Waals surface area contributed by atoms with E-state index in [1.54, 1.807) is 31.2 Å². The molecule has 0 bridgehead atoms. The molecule has 2 N–H and O–H groups in total. The van der Waals surface area contributed by atoms with Crippen molar-refractivity contribution < 1.29 is 24.5 Å². The Balaban J connectivity index is 2.63. The Kier molecular flexibility index (Phi) is 4.33. The summed E-state index contributed by atoms with van der Waals surface area (Å²) in [4.78, 5) is 12.0. The lowest BCUT2D eigenvalue weighted by molar-refractivity contribution is 0.0524. The fourth-order valence-electron chi connectivity index (χ4n) is 2.05. The Hall–Kier alpha value is -2.69. The molecular weight excluding hydrogens is 272 g/mol. The Morgan fingerprint density at radius 3 is 2.62 bits per heavy atom. The van der Waals surface area contributed by atoms with Gasteiger partial charge < -0.3 is 19.7 Å². The lowest BCUT2D eigenvalue weighted by atomic mass is 9.98. The molecule has 0 heterocycles. The highest BCUT2D eigenvalue weighted by atomic mass is 16.5. The van der Waals surface area contributed by atoms with E-state index >= 15 is 0 Å². The summed E-state index contributed by atoms with van der Waals surface area (Å²) in [6.07, 6.45) is 0. The summed E-state index contributed by atoms with van der Waals surface area (Å²) in [6.45, 7) is 1.87. The average Bonchev–Trinajstić information content (AvgIpc) is 2.46. The van der Waals surface area contributed by atoms with Crippen LogP contribution in [0.25, 0.3) is 11.1 Å². The highest BCUT2D eigenvalue weighted by Crippen LogP contribution is 2.36. The minimum absolute atomic E-state index is 0.0166. The third-order valence-corrected chi connectivity index (χ3v) is 2.96. The van der Waals surface area contributed by atoms with Crippen molar-refractivity contribution in [3.63, 3.8) is 0 Å². The molecule has 0 aliphatic rings. The van der Waals surface area contributed by atoms with Gasteiger partial charge in [0.15, 0.2) is 0 Å². The molecule has 0 fully saturated rings. The van der Waals surface area contributed by atoms with Gasteiger partial charge in [0.25, 0.3) is 0 Å². The molecule has 21 heavy (non-hydrogen) atoms. The largest absolute Gasteiger partial charge is 0.508 e. The van der Waals surface area contributed by atoms with Crippen LogP contribution in [-0.2, 0) is 4.74 Å². The Labute approximate surface area is 122 Å². The number of esters is 1. The SMILES string of the molecule is CCOC(=O)c1c(O)cc(O)cc1-c1cccc(OC)c1. The van der Waals surface area contributed by atoms with E-state index in [-0.39, 0.29) is 23.7 Å². The van der Waals surface area contributed by atoms with Gasteiger partial charge in [-0.3, -0.25) is 0 Å². The quantitative estimate of drug-likeness (QED) is 0.846. The van der Waals surface area contributed by atoms with Crippen LogP contribution < -0.4 is 4.74 Å². The number of carbonyl (C=O) groups excluding carboxylic acids is 1. The summed E-state index contributed by atoms with van der Waals surface area (Å²) in [7, 11) is 1.53. The third-order valence-electron chi connectivity index (χ3n) is 2.96. The van der Waals surface area contributed by atoms with Crippen LogP contribution >= 0.6 is 0 Å². The van der Waals surface area contributed by atoms with Crippen molar-refractivity contribution in [3.8, 4) is 28.4 Å². The van der Waals surface area contributed by atoms with Crippen LogP contribution in [0.4, 0.5) is 0 Å². The molecule has 0 aromatic heterocycles. The van der Waals surface area contributed by atoms with Crippen molar-refractivity contribution in [1.29, 1.82) is 0 Å². The topological polar surface area (TPSA) is 76.0 Å². The zero-order valence-corrected chi connectivity index (χ0v) is 11.8. The molecule has 0 atom stereocenters. The van der Waals surface area contributed by atoms with E-state index in [0.29, 0.717) is 16.9 Å². The van der Waals surface area contributed by atoms with Gasteiger partial charge in [-0.15, -0.1) is 0 Å². The Morgan fingerprint density at radius 2 is 1.95 bits per heavy atom. The van der Waals surface area contributed by atoms with Crippen molar-refractivity contribution >= 4 is 5.97 Å². The van der Waals surface area contributed by atoms with E-state index in [1.165, 1.54) is 13.2 Å². The molecule has 0 aliphatic heterocycles. The standard InChI is InChI=1S/C16H16O5/c1-3-21-16(19)15-13(8-11(17)9-14(15)18)10-5-4-6-12(7-10)20-2/h4-9,17-18H,3H2,1-2H3. The molecule has 0 unspecified atom stereocenters. The van der Waals surface area contributed by atoms with Crippen LogP contribution in [0.2, 0.25) is 0 Å². The molecule has 0 radical (unpaired) electrons. The maximum absolute atomic E-state index is 12.0. The van der Waals surface area contributed by atoms with E-state index in [2.05, 4.69) is 0 Å². The molecular formula is C16H16O5. The van der Waals surface area contributed by atoms with Gasteiger partial charge in [-0.2, -0.15) is 0 Å². The molecule has 0 amide bonds. The van der Waals surface area contributed by atoms with Crippen LogP contribution in [0, 0.1) is 0 Å². The van der Waals surface area contributed by atoms with Crippen LogP contribution in [0.3, 0.4) is 0 Å². The molecule has 2 aromatic carbocycles. The molecule has 0 saturated carbocycles. The zero-order valence-electron chi connectivity index (χ0n) is 11.8. The fraction of sp³-hybridized carbons (Fsp3) is 0.188. The molecule has 2 aromatic rings. The molecule has 110 valence electrons. The van der Waals surface area contributed by atoms with Crippen molar-refractivity contribution in [2.75, 3.05) is 13.7 Å². The predicted octanol–water partition coefficient (Wildman–Crippen LogP) is 2.95. The van der Waals surface area contributed by atoms with Gasteiger partial charge in [-0.1, -0.05) is 12.1 Å². The molecule has 2 rings (SSSR count). The minimum Gasteiger partial charge on any atom is -0.508 e. The Bertz CT molecular complexity index is 664. The summed E-state index contributed by atoms with van der Waals surface area (Å²) >= 11 is 0. The van der Waals surface area contributed by atoms with Crippen LogP contribution in [-0.4, -0.2) is 29.9 Å². The number of hydrogen-bond acceptors (Lipinski definition) is 5. The number of aromatic hydroxyl groups is 2. The summed E-state index contributed by atoms with van der Waals surface area (Å²) in [5.41, 5.74) is 1.02. The monoisotopic (exact) mass is 288 g/mol. The van der Waals surface area contributed by atoms with E-state index in [9.17, 15) is 15.0 Å². The predicted molar refractivity (Wildman–Crippen MR) is 77.7 cm³/mol. The molecule has 5 nitrogen and oxygen atoms in total. The van der Waals surface area contributed by atoms with Gasteiger partial charge in [0.1, 0.15) is 22.8 Å². The van der Waals surface area contributed by atoms with E-state index in [4.69, 9.17) is 9.47 Å². The average molecular weight is 288 g/mol. The van der Waals surface area contributed by atoms with E-state index in [0.717, 1.165) is 6.07 Å². The number of rotatable bonds is 4. The number of benzene rings is 2. The first kappa shape index (κ1) is 14.7. The maximum atomic E-state index is 12.0. The van der Waals surface area contributed by atoms with Gasteiger partial charge in [0.05, 0.1) is 13.7 Å². The van der Waals surface area contributed by atoms with E-state index < -0.39 is 5.97 Å². The minimum atomic E-state index is -0.646. The summed E-state index contributed by atoms with van der Waals surface area (Å²) in [5.74, 6) is -0.511. The highest BCUT2D eigenvalue weighted by Gasteiger charge is 2.20. The van der Waals surface area contributed by atoms with Gasteiger partial charge in [0.2, 0.25) is 0 Å². The molecule has 0 spiro atoms. The smallest absolute Gasteiger partial charge is 0.342 e. The number of hydrogen-bond donors (Lipinski definition) is 2. The van der Waals surface area contributed by atoms with Gasteiger partial charge in [-0.25, -0.2) is 4.79 Å². The fourth-order valence-corrected chi connectivity index (χ4v) is 2.05. The lowest BCUT2D eigenvalue weighted by Crippen LogP contribution is -2.07. The first-order chi connectivity index (χ1) is 10.1. The lowest BCUT2D eigenvalue weighted by Gasteiger charge is -2.12. The van der Waals surface area contributed by atoms with Crippen molar-refractivity contribution in [2.45, 2.75) is 6.92 Å². The number of ether oxygens (including phenoxy) is 2. The van der Waals surface area contributed by atoms with Crippen LogP contribution in [0.5, 0.6) is 17.2 Å². The summed E-state index contributed by atoms with van der Waals surface area (Å²) in [5, 5.41) is 19.6. The van der Waals surface area contributed by atoms with Gasteiger partial charge in [0, 0.05) is 11.6 Å². The number of carbonyl (C=O) groups is 1. The van der Waals surface area contributed by atoms with Crippen LogP contribution in [0.15, 0.2) is 36.4 Å². The highest BCUT2D eigenvalue weighted by molar-refractivity contribution is 6.00. The van der Waals surface area contributed by atoms with Crippen molar-refractivity contribution in [1.82, 2.24) is 0 Å². The Morgan fingerprint density at radius 1 is 1.19 bits per heavy atom. The first-order valence-electron chi connectivity index (χ1n) is 6.44. The number of phenolic OH excluding ortho intramolecular Hbond substituents is 2. The van der Waals surface area contributed by atoms with Gasteiger partial charge >= 0.3 is 5.97 Å². The second-order valence-corrected chi connectivity index (χ2v) is 4.34.